The Morgan fingerprint density at radius 2 is 1.79 bits per heavy atom. The molecule has 1 aliphatic heterocycles. The fourth-order valence-corrected chi connectivity index (χ4v) is 4.27. The lowest BCUT2D eigenvalue weighted by atomic mass is 9.88. The number of primary amides is 1. The molecule has 1 atom stereocenters. The predicted molar refractivity (Wildman–Crippen MR) is 110 cm³/mol. The lowest BCUT2D eigenvalue weighted by Gasteiger charge is -2.30. The molecule has 0 unspecified atom stereocenters. The van der Waals surface area contributed by atoms with E-state index < -0.39 is 5.91 Å². The normalized spacial score (nSPS) is 19.3. The van der Waals surface area contributed by atoms with Crippen molar-refractivity contribution in [3.8, 4) is 0 Å². The molecule has 1 saturated carbocycles. The molecule has 1 aliphatic carbocycles. The van der Waals surface area contributed by atoms with Gasteiger partial charge in [0, 0.05) is 42.8 Å². The number of amides is 3. The van der Waals surface area contributed by atoms with Crippen molar-refractivity contribution < 1.29 is 19.1 Å². The molecule has 1 heterocycles. The molecule has 0 bridgehead atoms. The molecule has 1 saturated heterocycles. The molecule has 0 aromatic heterocycles. The quantitative estimate of drug-likeness (QED) is 0.652. The van der Waals surface area contributed by atoms with Gasteiger partial charge in [-0.1, -0.05) is 25.3 Å². The zero-order valence-corrected chi connectivity index (χ0v) is 16.8. The topological polar surface area (TPSA) is 111 Å². The third-order valence-corrected chi connectivity index (χ3v) is 5.94. The molecule has 158 valence electrons. The molecular formula is C22H31N3O4. The first-order valence-corrected chi connectivity index (χ1v) is 10.6. The van der Waals surface area contributed by atoms with Crippen LogP contribution in [-0.2, 0) is 14.3 Å². The Bertz CT molecular complexity index is 725. The van der Waals surface area contributed by atoms with Crippen molar-refractivity contribution in [1.29, 1.82) is 0 Å². The minimum Gasteiger partial charge on any atom is -0.381 e. The van der Waals surface area contributed by atoms with Gasteiger partial charge in [-0.05, 0) is 49.8 Å². The van der Waals surface area contributed by atoms with Crippen molar-refractivity contribution in [2.45, 2.75) is 57.4 Å². The summed E-state index contributed by atoms with van der Waals surface area (Å²) in [7, 11) is 0. The minimum atomic E-state index is -0.435. The summed E-state index contributed by atoms with van der Waals surface area (Å²) in [5, 5.41) is 5.92. The smallest absolute Gasteiger partial charge is 0.251 e. The highest BCUT2D eigenvalue weighted by molar-refractivity contribution is 5.98. The lowest BCUT2D eigenvalue weighted by Crippen LogP contribution is -2.44. The minimum absolute atomic E-state index is 0.0241. The van der Waals surface area contributed by atoms with Crippen LogP contribution in [0.15, 0.2) is 24.3 Å². The third kappa shape index (κ3) is 6.29. The monoisotopic (exact) mass is 401 g/mol. The Kier molecular flexibility index (Phi) is 7.63. The third-order valence-electron chi connectivity index (χ3n) is 5.94. The lowest BCUT2D eigenvalue weighted by molar-refractivity contribution is -0.121. The SMILES string of the molecule is NC(=O)C[C@@H](NC(=O)c1cccc(NC(=O)C2CCCCC2)c1)C1CCOCC1. The molecule has 2 aliphatic rings. The van der Waals surface area contributed by atoms with Gasteiger partial charge >= 0.3 is 0 Å². The molecule has 1 aromatic carbocycles. The zero-order valence-electron chi connectivity index (χ0n) is 16.8. The van der Waals surface area contributed by atoms with Gasteiger partial charge in [0.05, 0.1) is 0 Å². The number of benzene rings is 1. The van der Waals surface area contributed by atoms with E-state index >= 15 is 0 Å². The summed E-state index contributed by atoms with van der Waals surface area (Å²) in [6.07, 6.45) is 6.90. The van der Waals surface area contributed by atoms with E-state index in [9.17, 15) is 14.4 Å². The van der Waals surface area contributed by atoms with Crippen molar-refractivity contribution in [3.63, 3.8) is 0 Å². The summed E-state index contributed by atoms with van der Waals surface area (Å²) in [6.45, 7) is 1.25. The average Bonchev–Trinajstić information content (AvgIpc) is 2.74. The maximum absolute atomic E-state index is 12.8. The van der Waals surface area contributed by atoms with Crippen LogP contribution in [0.3, 0.4) is 0 Å². The Morgan fingerprint density at radius 3 is 2.48 bits per heavy atom. The summed E-state index contributed by atoms with van der Waals surface area (Å²) in [6, 6.07) is 6.61. The summed E-state index contributed by atoms with van der Waals surface area (Å²) in [5.41, 5.74) is 6.46. The predicted octanol–water partition coefficient (Wildman–Crippen LogP) is 2.61. The van der Waals surface area contributed by atoms with Crippen molar-refractivity contribution in [1.82, 2.24) is 5.32 Å². The summed E-state index contributed by atoms with van der Waals surface area (Å²) < 4.78 is 5.38. The van der Waals surface area contributed by atoms with Crippen LogP contribution in [0.5, 0.6) is 0 Å². The van der Waals surface area contributed by atoms with Gasteiger partial charge in [-0.25, -0.2) is 0 Å². The Morgan fingerprint density at radius 1 is 1.07 bits per heavy atom. The van der Waals surface area contributed by atoms with E-state index in [0.717, 1.165) is 38.5 Å². The van der Waals surface area contributed by atoms with Crippen LogP contribution in [0.2, 0.25) is 0 Å². The number of nitrogens with two attached hydrogens (primary N) is 1. The van der Waals surface area contributed by atoms with Crippen LogP contribution in [0.25, 0.3) is 0 Å². The number of anilines is 1. The van der Waals surface area contributed by atoms with Crippen molar-refractivity contribution in [2.75, 3.05) is 18.5 Å². The molecule has 3 amide bonds. The van der Waals surface area contributed by atoms with Crippen LogP contribution >= 0.6 is 0 Å². The van der Waals surface area contributed by atoms with Gasteiger partial charge in [-0.2, -0.15) is 0 Å². The zero-order chi connectivity index (χ0) is 20.6. The van der Waals surface area contributed by atoms with E-state index in [2.05, 4.69) is 10.6 Å². The number of hydrogen-bond donors (Lipinski definition) is 3. The van der Waals surface area contributed by atoms with Gasteiger partial charge in [0.15, 0.2) is 0 Å². The highest BCUT2D eigenvalue weighted by atomic mass is 16.5. The second kappa shape index (κ2) is 10.4. The van der Waals surface area contributed by atoms with E-state index in [1.54, 1.807) is 24.3 Å². The van der Waals surface area contributed by atoms with Gasteiger partial charge in [0.1, 0.15) is 0 Å². The molecule has 0 spiro atoms. The van der Waals surface area contributed by atoms with E-state index in [0.29, 0.717) is 24.5 Å². The van der Waals surface area contributed by atoms with Gasteiger partial charge in [0.2, 0.25) is 11.8 Å². The second-order valence-electron chi connectivity index (χ2n) is 8.11. The molecule has 1 aromatic rings. The summed E-state index contributed by atoms with van der Waals surface area (Å²) >= 11 is 0. The number of rotatable bonds is 7. The van der Waals surface area contributed by atoms with Crippen LogP contribution in [0, 0.1) is 11.8 Å². The maximum atomic E-state index is 12.8. The number of hydrogen-bond acceptors (Lipinski definition) is 4. The first-order valence-electron chi connectivity index (χ1n) is 10.6. The standard InChI is InChI=1S/C22H31N3O4/c23-20(26)14-19(15-9-11-29-12-10-15)25-22(28)17-7-4-8-18(13-17)24-21(27)16-5-2-1-3-6-16/h4,7-8,13,15-16,19H,1-3,5-6,9-12,14H2,(H2,23,26)(H,24,27)(H,25,28)/t19-/m1/s1. The van der Waals surface area contributed by atoms with Crippen LogP contribution in [0.4, 0.5) is 5.69 Å². The Hall–Kier alpha value is -2.41. The first-order chi connectivity index (χ1) is 14.0. The van der Waals surface area contributed by atoms with Crippen molar-refractivity contribution >= 4 is 23.4 Å². The number of carbonyl (C=O) groups excluding carboxylic acids is 3. The van der Waals surface area contributed by atoms with E-state index in [1.807, 2.05) is 0 Å². The number of nitrogens with one attached hydrogen (secondary N) is 2. The largest absolute Gasteiger partial charge is 0.381 e. The van der Waals surface area contributed by atoms with Crippen LogP contribution < -0.4 is 16.4 Å². The maximum Gasteiger partial charge on any atom is 0.251 e. The van der Waals surface area contributed by atoms with E-state index in [-0.39, 0.29) is 36.1 Å². The number of ether oxygens (including phenoxy) is 1. The van der Waals surface area contributed by atoms with Crippen molar-refractivity contribution in [3.05, 3.63) is 29.8 Å². The van der Waals surface area contributed by atoms with Gasteiger partial charge in [0.25, 0.3) is 5.91 Å². The van der Waals surface area contributed by atoms with Crippen LogP contribution in [0.1, 0.15) is 61.7 Å². The van der Waals surface area contributed by atoms with Crippen molar-refractivity contribution in [2.24, 2.45) is 17.6 Å². The molecule has 29 heavy (non-hydrogen) atoms. The second-order valence-corrected chi connectivity index (χ2v) is 8.11. The molecule has 4 N–H and O–H groups in total. The highest BCUT2D eigenvalue weighted by Gasteiger charge is 2.27. The summed E-state index contributed by atoms with van der Waals surface area (Å²) in [4.78, 5) is 36.8. The molecule has 3 rings (SSSR count). The molecular weight excluding hydrogens is 370 g/mol. The van der Waals surface area contributed by atoms with Gasteiger partial charge in [-0.3, -0.25) is 14.4 Å². The first kappa shape index (κ1) is 21.3. The molecule has 2 fully saturated rings. The van der Waals surface area contributed by atoms with Crippen LogP contribution in [-0.4, -0.2) is 37.0 Å². The molecule has 7 nitrogen and oxygen atoms in total. The fraction of sp³-hybridized carbons (Fsp3) is 0.591. The Labute approximate surface area is 171 Å². The van der Waals surface area contributed by atoms with Gasteiger partial charge < -0.3 is 21.1 Å². The van der Waals surface area contributed by atoms with Gasteiger partial charge in [-0.15, -0.1) is 0 Å². The highest BCUT2D eigenvalue weighted by Crippen LogP contribution is 2.25. The van der Waals surface area contributed by atoms with E-state index in [1.165, 1.54) is 6.42 Å². The fourth-order valence-electron chi connectivity index (χ4n) is 4.27. The Balaban J connectivity index is 1.63. The average molecular weight is 402 g/mol. The molecule has 7 heteroatoms. The molecule has 0 radical (unpaired) electrons. The summed E-state index contributed by atoms with van der Waals surface area (Å²) in [5.74, 6) is -0.466. The van der Waals surface area contributed by atoms with E-state index in [4.69, 9.17) is 10.5 Å². The number of carbonyl (C=O) groups is 3.